The summed E-state index contributed by atoms with van der Waals surface area (Å²) in [5, 5.41) is 10.4. The molecule has 4 rings (SSSR count). The predicted molar refractivity (Wildman–Crippen MR) is 131 cm³/mol. The van der Waals surface area contributed by atoms with Gasteiger partial charge in [-0.15, -0.1) is 0 Å². The lowest BCUT2D eigenvalue weighted by Gasteiger charge is -2.14. The molecule has 0 aliphatic heterocycles. The maximum absolute atomic E-state index is 13.0. The van der Waals surface area contributed by atoms with E-state index in [-0.39, 0.29) is 5.75 Å². The van der Waals surface area contributed by atoms with Crippen molar-refractivity contribution in [2.24, 2.45) is 0 Å². The van der Waals surface area contributed by atoms with Gasteiger partial charge in [-0.05, 0) is 54.2 Å². The van der Waals surface area contributed by atoms with Crippen LogP contribution in [0.3, 0.4) is 0 Å². The molecule has 168 valence electrons. The minimum absolute atomic E-state index is 0.215. The molecule has 33 heavy (non-hydrogen) atoms. The number of rotatable bonds is 7. The van der Waals surface area contributed by atoms with Crippen LogP contribution in [0.1, 0.15) is 23.1 Å². The number of fused-ring (bicyclic) bond motifs is 1. The molecule has 0 amide bonds. The molecule has 0 bridgehead atoms. The van der Waals surface area contributed by atoms with Crippen LogP contribution in [0.25, 0.3) is 10.9 Å². The van der Waals surface area contributed by atoms with Gasteiger partial charge in [0.05, 0.1) is 21.8 Å². The number of pyridine rings is 1. The first-order chi connectivity index (χ1) is 15.9. The van der Waals surface area contributed by atoms with Crippen LogP contribution in [0.4, 0.5) is 4.79 Å². The van der Waals surface area contributed by atoms with E-state index in [2.05, 4.69) is 12.1 Å². The summed E-state index contributed by atoms with van der Waals surface area (Å²) >= 11 is 12.5. The largest absolute Gasteiger partial charge is 0.511 e. The van der Waals surface area contributed by atoms with Crippen molar-refractivity contribution in [3.63, 3.8) is 0 Å². The average Bonchev–Trinajstić information content (AvgIpc) is 2.80. The molecule has 1 aromatic heterocycles. The number of hydrogen-bond donors (Lipinski definition) is 1. The third kappa shape index (κ3) is 5.38. The summed E-state index contributed by atoms with van der Waals surface area (Å²) in [7, 11) is 0. The van der Waals surface area contributed by atoms with E-state index in [1.807, 2.05) is 47.0 Å². The molecule has 0 aliphatic carbocycles. The number of nitrogens with zero attached hydrogens (tertiary/aromatic N) is 1. The molecular weight excluding hydrogens is 461 g/mol. The fourth-order valence-electron chi connectivity index (χ4n) is 3.88. The van der Waals surface area contributed by atoms with Gasteiger partial charge in [0.1, 0.15) is 0 Å². The van der Waals surface area contributed by atoms with Gasteiger partial charge < -0.3 is 14.4 Å². The van der Waals surface area contributed by atoms with E-state index in [1.54, 1.807) is 12.1 Å². The van der Waals surface area contributed by atoms with Crippen LogP contribution in [0.2, 0.25) is 10.0 Å². The Morgan fingerprint density at radius 3 is 2.52 bits per heavy atom. The monoisotopic (exact) mass is 481 g/mol. The third-order valence-corrected chi connectivity index (χ3v) is 6.30. The second-order valence-corrected chi connectivity index (χ2v) is 8.50. The smallest absolute Gasteiger partial charge is 0.449 e. The first kappa shape index (κ1) is 22.9. The number of benzene rings is 3. The summed E-state index contributed by atoms with van der Waals surface area (Å²) in [5.41, 5.74) is 3.15. The highest BCUT2D eigenvalue weighted by molar-refractivity contribution is 6.42. The Hall–Kier alpha value is -3.28. The van der Waals surface area contributed by atoms with Crippen molar-refractivity contribution < 1.29 is 14.6 Å². The summed E-state index contributed by atoms with van der Waals surface area (Å²) in [4.78, 5) is 24.1. The minimum atomic E-state index is -1.52. The Kier molecular flexibility index (Phi) is 7.02. The number of carbonyl (C=O) groups is 1. The fraction of sp³-hybridized carbons (Fsp3) is 0.154. The van der Waals surface area contributed by atoms with E-state index in [0.717, 1.165) is 24.0 Å². The molecule has 0 spiro atoms. The van der Waals surface area contributed by atoms with Crippen LogP contribution in [-0.4, -0.2) is 15.8 Å². The van der Waals surface area contributed by atoms with Crippen LogP contribution in [0, 0.1) is 0 Å². The predicted octanol–water partition coefficient (Wildman–Crippen LogP) is 6.59. The minimum Gasteiger partial charge on any atom is -0.449 e. The van der Waals surface area contributed by atoms with Gasteiger partial charge >= 0.3 is 6.16 Å². The van der Waals surface area contributed by atoms with Crippen LogP contribution >= 0.6 is 23.2 Å². The summed E-state index contributed by atoms with van der Waals surface area (Å²) in [5.74, 6) is -0.215. The Labute approximate surface area is 200 Å². The second-order valence-electron chi connectivity index (χ2n) is 7.71. The van der Waals surface area contributed by atoms with Crippen LogP contribution in [0.5, 0.6) is 5.75 Å². The lowest BCUT2D eigenvalue weighted by atomic mass is 10.0. The Bertz CT molecular complexity index is 1370. The van der Waals surface area contributed by atoms with Crippen molar-refractivity contribution in [1.29, 1.82) is 0 Å². The standard InChI is InChI=1S/C26H21Cl2NO4/c27-21-10-4-9-19(24(21)28)14-18-11-12-22-20(15-18)25(30)23(33-26(31)32)16-29(22)13-5-8-17-6-2-1-3-7-17/h1-4,6-7,9-12,15-16H,5,8,13-14H2,(H,31,32). The lowest BCUT2D eigenvalue weighted by molar-refractivity contribution is 0.143. The first-order valence-electron chi connectivity index (χ1n) is 10.5. The number of hydrogen-bond acceptors (Lipinski definition) is 3. The van der Waals surface area contributed by atoms with E-state index in [9.17, 15) is 9.59 Å². The van der Waals surface area contributed by atoms with Gasteiger partial charge in [-0.1, -0.05) is 71.7 Å². The van der Waals surface area contributed by atoms with E-state index < -0.39 is 11.6 Å². The summed E-state index contributed by atoms with van der Waals surface area (Å²) in [6, 6.07) is 21.1. The highest BCUT2D eigenvalue weighted by atomic mass is 35.5. The zero-order chi connectivity index (χ0) is 23.4. The third-order valence-electron chi connectivity index (χ3n) is 5.44. The van der Waals surface area contributed by atoms with Crippen LogP contribution in [-0.2, 0) is 19.4 Å². The van der Waals surface area contributed by atoms with Gasteiger partial charge in [0.15, 0.2) is 5.75 Å². The van der Waals surface area contributed by atoms with E-state index >= 15 is 0 Å². The zero-order valence-corrected chi connectivity index (χ0v) is 19.1. The Morgan fingerprint density at radius 1 is 0.970 bits per heavy atom. The van der Waals surface area contributed by atoms with Gasteiger partial charge in [-0.3, -0.25) is 4.79 Å². The van der Waals surface area contributed by atoms with Crippen molar-refractivity contribution >= 4 is 40.3 Å². The molecule has 0 unspecified atom stereocenters. The number of carboxylic acid groups (broad SMARTS) is 1. The second kappa shape index (κ2) is 10.1. The number of aryl methyl sites for hydroxylation is 2. The maximum atomic E-state index is 13.0. The molecule has 1 N–H and O–H groups in total. The van der Waals surface area contributed by atoms with Crippen LogP contribution in [0.15, 0.2) is 77.7 Å². The highest BCUT2D eigenvalue weighted by Crippen LogP contribution is 2.28. The number of ether oxygens (including phenoxy) is 1. The fourth-order valence-corrected chi connectivity index (χ4v) is 4.27. The van der Waals surface area contributed by atoms with Gasteiger partial charge in [-0.2, -0.15) is 0 Å². The molecule has 5 nitrogen and oxygen atoms in total. The number of halogens is 2. The molecule has 0 aliphatic rings. The first-order valence-corrected chi connectivity index (χ1v) is 11.2. The molecule has 7 heteroatoms. The maximum Gasteiger partial charge on any atom is 0.511 e. The van der Waals surface area contributed by atoms with Crippen molar-refractivity contribution in [2.45, 2.75) is 25.8 Å². The van der Waals surface area contributed by atoms with E-state index in [0.29, 0.717) is 33.9 Å². The van der Waals surface area contributed by atoms with Crippen molar-refractivity contribution in [3.8, 4) is 5.75 Å². The molecule has 0 atom stereocenters. The molecule has 0 radical (unpaired) electrons. The van der Waals surface area contributed by atoms with E-state index in [1.165, 1.54) is 11.8 Å². The Morgan fingerprint density at radius 2 is 1.76 bits per heavy atom. The lowest BCUT2D eigenvalue weighted by Crippen LogP contribution is -2.17. The SMILES string of the molecule is O=C(O)Oc1cn(CCCc2ccccc2)c2ccc(Cc3cccc(Cl)c3Cl)cc2c1=O. The molecule has 0 saturated carbocycles. The van der Waals surface area contributed by atoms with Gasteiger partial charge in [0.25, 0.3) is 0 Å². The van der Waals surface area contributed by atoms with Gasteiger partial charge in [0.2, 0.25) is 5.43 Å². The highest BCUT2D eigenvalue weighted by Gasteiger charge is 2.14. The summed E-state index contributed by atoms with van der Waals surface area (Å²) in [6.45, 7) is 0.598. The molecule has 3 aromatic carbocycles. The van der Waals surface area contributed by atoms with Crippen LogP contribution < -0.4 is 10.2 Å². The van der Waals surface area contributed by atoms with E-state index in [4.69, 9.17) is 33.0 Å². The molecular formula is C26H21Cl2NO4. The van der Waals surface area contributed by atoms with Crippen molar-refractivity contribution in [3.05, 3.63) is 110 Å². The summed E-state index contributed by atoms with van der Waals surface area (Å²) < 4.78 is 6.67. The van der Waals surface area contributed by atoms with Gasteiger partial charge in [0, 0.05) is 11.9 Å². The molecule has 0 saturated heterocycles. The number of aromatic nitrogens is 1. The molecule has 0 fully saturated rings. The average molecular weight is 482 g/mol. The Balaban J connectivity index is 1.69. The van der Waals surface area contributed by atoms with Crippen molar-refractivity contribution in [1.82, 2.24) is 4.57 Å². The molecule has 4 aromatic rings. The van der Waals surface area contributed by atoms with Crippen molar-refractivity contribution in [2.75, 3.05) is 0 Å². The topological polar surface area (TPSA) is 68.5 Å². The summed E-state index contributed by atoms with van der Waals surface area (Å²) in [6.07, 6.45) is 2.09. The zero-order valence-electron chi connectivity index (χ0n) is 17.6. The van der Waals surface area contributed by atoms with Gasteiger partial charge in [-0.25, -0.2) is 4.79 Å². The normalized spacial score (nSPS) is 11.0. The molecule has 1 heterocycles. The quantitative estimate of drug-likeness (QED) is 0.302.